The highest BCUT2D eigenvalue weighted by Crippen LogP contribution is 2.27. The zero-order chi connectivity index (χ0) is 12.8. The summed E-state index contributed by atoms with van der Waals surface area (Å²) in [4.78, 5) is 2.21. The SMILES string of the molecule is COCCN(Cc1c(O)cccc1Cl)C(C)C. The predicted molar refractivity (Wildman–Crippen MR) is 70.5 cm³/mol. The lowest BCUT2D eigenvalue weighted by Gasteiger charge is -2.26. The molecular formula is C13H20ClNO2. The first-order chi connectivity index (χ1) is 8.06. The van der Waals surface area contributed by atoms with E-state index in [4.69, 9.17) is 16.3 Å². The van der Waals surface area contributed by atoms with Crippen molar-refractivity contribution in [1.29, 1.82) is 0 Å². The van der Waals surface area contributed by atoms with Gasteiger partial charge in [-0.2, -0.15) is 0 Å². The van der Waals surface area contributed by atoms with Gasteiger partial charge in [0.05, 0.1) is 6.61 Å². The van der Waals surface area contributed by atoms with Crippen molar-refractivity contribution in [3.05, 3.63) is 28.8 Å². The van der Waals surface area contributed by atoms with Crippen LogP contribution in [0.15, 0.2) is 18.2 Å². The number of phenols is 1. The summed E-state index contributed by atoms with van der Waals surface area (Å²) in [7, 11) is 1.69. The molecule has 0 spiro atoms. The Morgan fingerprint density at radius 2 is 2.12 bits per heavy atom. The van der Waals surface area contributed by atoms with E-state index in [0.717, 1.165) is 12.1 Å². The Bertz CT molecular complexity index is 335. The van der Waals surface area contributed by atoms with Gasteiger partial charge in [-0.3, -0.25) is 4.90 Å². The Kier molecular flexibility index (Phi) is 5.75. The second-order valence-electron chi connectivity index (χ2n) is 4.29. The Morgan fingerprint density at radius 3 is 2.65 bits per heavy atom. The normalized spacial score (nSPS) is 11.4. The van der Waals surface area contributed by atoms with Crippen LogP contribution in [0.5, 0.6) is 5.75 Å². The van der Waals surface area contributed by atoms with Gasteiger partial charge in [0, 0.05) is 36.8 Å². The molecule has 1 N–H and O–H groups in total. The number of ether oxygens (including phenoxy) is 1. The quantitative estimate of drug-likeness (QED) is 0.851. The maximum atomic E-state index is 9.81. The van der Waals surface area contributed by atoms with E-state index in [1.54, 1.807) is 25.3 Å². The predicted octanol–water partition coefficient (Wildman–Crippen LogP) is 2.90. The lowest BCUT2D eigenvalue weighted by Crippen LogP contribution is -2.33. The monoisotopic (exact) mass is 257 g/mol. The van der Waals surface area contributed by atoms with Crippen LogP contribution in [0, 0.1) is 0 Å². The highest BCUT2D eigenvalue weighted by Gasteiger charge is 2.14. The minimum Gasteiger partial charge on any atom is -0.508 e. The van der Waals surface area contributed by atoms with Gasteiger partial charge >= 0.3 is 0 Å². The van der Waals surface area contributed by atoms with Gasteiger partial charge in [0.15, 0.2) is 0 Å². The van der Waals surface area contributed by atoms with Crippen LogP contribution in [0.3, 0.4) is 0 Å². The van der Waals surface area contributed by atoms with E-state index in [1.807, 2.05) is 0 Å². The van der Waals surface area contributed by atoms with Crippen molar-refractivity contribution in [2.75, 3.05) is 20.3 Å². The van der Waals surface area contributed by atoms with Crippen LogP contribution in [-0.2, 0) is 11.3 Å². The van der Waals surface area contributed by atoms with E-state index >= 15 is 0 Å². The van der Waals surface area contributed by atoms with E-state index in [9.17, 15) is 5.11 Å². The van der Waals surface area contributed by atoms with Crippen LogP contribution in [0.2, 0.25) is 5.02 Å². The molecule has 1 aromatic rings. The molecule has 0 aliphatic heterocycles. The summed E-state index contributed by atoms with van der Waals surface area (Å²) in [5, 5.41) is 10.4. The van der Waals surface area contributed by atoms with E-state index < -0.39 is 0 Å². The summed E-state index contributed by atoms with van der Waals surface area (Å²) in [5.41, 5.74) is 0.777. The molecule has 0 saturated carbocycles. The lowest BCUT2D eigenvalue weighted by molar-refractivity contribution is 0.124. The zero-order valence-corrected chi connectivity index (χ0v) is 11.4. The Hall–Kier alpha value is -0.770. The highest BCUT2D eigenvalue weighted by molar-refractivity contribution is 6.31. The van der Waals surface area contributed by atoms with Crippen molar-refractivity contribution in [3.63, 3.8) is 0 Å². The maximum Gasteiger partial charge on any atom is 0.121 e. The van der Waals surface area contributed by atoms with Crippen LogP contribution in [0.4, 0.5) is 0 Å². The molecule has 0 aliphatic carbocycles. The third-order valence-electron chi connectivity index (χ3n) is 2.77. The fraction of sp³-hybridized carbons (Fsp3) is 0.538. The van der Waals surface area contributed by atoms with E-state index in [0.29, 0.717) is 24.2 Å². The first-order valence-electron chi connectivity index (χ1n) is 5.75. The molecule has 0 radical (unpaired) electrons. The molecule has 0 unspecified atom stereocenters. The Labute approximate surface area is 108 Å². The smallest absolute Gasteiger partial charge is 0.121 e. The number of rotatable bonds is 6. The Morgan fingerprint density at radius 1 is 1.41 bits per heavy atom. The van der Waals surface area contributed by atoms with Gasteiger partial charge in [0.1, 0.15) is 5.75 Å². The summed E-state index contributed by atoms with van der Waals surface area (Å²) >= 11 is 6.09. The molecule has 0 saturated heterocycles. The summed E-state index contributed by atoms with van der Waals surface area (Å²) in [5.74, 6) is 0.251. The molecule has 96 valence electrons. The number of benzene rings is 1. The van der Waals surface area contributed by atoms with E-state index in [2.05, 4.69) is 18.7 Å². The van der Waals surface area contributed by atoms with Gasteiger partial charge in [-0.05, 0) is 26.0 Å². The zero-order valence-electron chi connectivity index (χ0n) is 10.6. The van der Waals surface area contributed by atoms with Crippen LogP contribution in [-0.4, -0.2) is 36.3 Å². The van der Waals surface area contributed by atoms with Gasteiger partial charge < -0.3 is 9.84 Å². The van der Waals surface area contributed by atoms with Gasteiger partial charge in [-0.15, -0.1) is 0 Å². The van der Waals surface area contributed by atoms with Crippen molar-refractivity contribution in [2.45, 2.75) is 26.4 Å². The summed E-state index contributed by atoms with van der Waals surface area (Å²) in [6, 6.07) is 5.58. The largest absolute Gasteiger partial charge is 0.508 e. The molecule has 1 aromatic carbocycles. The molecule has 0 fully saturated rings. The lowest BCUT2D eigenvalue weighted by atomic mass is 10.1. The fourth-order valence-corrected chi connectivity index (χ4v) is 1.86. The molecule has 4 heteroatoms. The second kappa shape index (κ2) is 6.84. The van der Waals surface area contributed by atoms with Crippen molar-refractivity contribution in [3.8, 4) is 5.75 Å². The number of methoxy groups -OCH3 is 1. The average Bonchev–Trinajstić information content (AvgIpc) is 2.27. The minimum atomic E-state index is 0.251. The highest BCUT2D eigenvalue weighted by atomic mass is 35.5. The van der Waals surface area contributed by atoms with Gasteiger partial charge in [0.25, 0.3) is 0 Å². The third kappa shape index (κ3) is 4.19. The van der Waals surface area contributed by atoms with Gasteiger partial charge in [-0.1, -0.05) is 17.7 Å². The van der Waals surface area contributed by atoms with Crippen molar-refractivity contribution < 1.29 is 9.84 Å². The van der Waals surface area contributed by atoms with Crippen LogP contribution < -0.4 is 0 Å². The van der Waals surface area contributed by atoms with Crippen molar-refractivity contribution >= 4 is 11.6 Å². The van der Waals surface area contributed by atoms with Gasteiger partial charge in [0.2, 0.25) is 0 Å². The average molecular weight is 258 g/mol. The standard InChI is InChI=1S/C13H20ClNO2/c1-10(2)15(7-8-17-3)9-11-12(14)5-4-6-13(11)16/h4-6,10,16H,7-9H2,1-3H3. The third-order valence-corrected chi connectivity index (χ3v) is 3.12. The molecule has 0 atom stereocenters. The summed E-state index contributed by atoms with van der Waals surface area (Å²) in [6.07, 6.45) is 0. The number of nitrogens with zero attached hydrogens (tertiary/aromatic N) is 1. The molecule has 1 rings (SSSR count). The summed E-state index contributed by atoms with van der Waals surface area (Å²) in [6.45, 7) is 6.35. The fourth-order valence-electron chi connectivity index (χ4n) is 1.64. The number of phenolic OH excluding ortho intramolecular Hbond substituents is 1. The molecule has 0 amide bonds. The number of hydrogen-bond donors (Lipinski definition) is 1. The van der Waals surface area contributed by atoms with E-state index in [-0.39, 0.29) is 5.75 Å². The molecular weight excluding hydrogens is 238 g/mol. The summed E-state index contributed by atoms with van der Waals surface area (Å²) < 4.78 is 5.08. The van der Waals surface area contributed by atoms with E-state index in [1.165, 1.54) is 0 Å². The molecule has 0 bridgehead atoms. The van der Waals surface area contributed by atoms with Gasteiger partial charge in [-0.25, -0.2) is 0 Å². The van der Waals surface area contributed by atoms with Crippen LogP contribution >= 0.6 is 11.6 Å². The minimum absolute atomic E-state index is 0.251. The molecule has 0 heterocycles. The topological polar surface area (TPSA) is 32.7 Å². The first kappa shape index (κ1) is 14.3. The van der Waals surface area contributed by atoms with Crippen LogP contribution in [0.1, 0.15) is 19.4 Å². The molecule has 0 aliphatic rings. The first-order valence-corrected chi connectivity index (χ1v) is 6.13. The molecule has 0 aromatic heterocycles. The van der Waals surface area contributed by atoms with Crippen molar-refractivity contribution in [2.24, 2.45) is 0 Å². The molecule has 17 heavy (non-hydrogen) atoms. The Balaban J connectivity index is 2.78. The maximum absolute atomic E-state index is 9.81. The number of halogens is 1. The van der Waals surface area contributed by atoms with Crippen LogP contribution in [0.25, 0.3) is 0 Å². The van der Waals surface area contributed by atoms with Crippen molar-refractivity contribution in [1.82, 2.24) is 4.90 Å². The number of hydrogen-bond acceptors (Lipinski definition) is 3. The second-order valence-corrected chi connectivity index (χ2v) is 4.70. The molecule has 3 nitrogen and oxygen atoms in total. The number of aromatic hydroxyl groups is 1.